The molecule has 0 aliphatic heterocycles. The third-order valence-corrected chi connectivity index (χ3v) is 4.34. The van der Waals surface area contributed by atoms with Gasteiger partial charge >= 0.3 is 12.1 Å². The fourth-order valence-electron chi connectivity index (χ4n) is 3.30. The topological polar surface area (TPSA) is 119 Å². The van der Waals surface area contributed by atoms with Crippen LogP contribution >= 0.6 is 0 Å². The monoisotopic (exact) mass is 364 g/mol. The molecule has 1 saturated carbocycles. The Morgan fingerprint density at radius 2 is 1.92 bits per heavy atom. The predicted octanol–water partition coefficient (Wildman–Crippen LogP) is 3.84. The SMILES string of the molecule is CC(C)(C)OC(=O)NC1CCCC[C@H]1c1cc([N+](=O)[O-])ccc1C(=O)O. The fraction of sp³-hybridized carbons (Fsp3) is 0.556. The van der Waals surface area contributed by atoms with E-state index in [2.05, 4.69) is 5.32 Å². The second kappa shape index (κ2) is 7.72. The Morgan fingerprint density at radius 1 is 1.27 bits per heavy atom. The lowest BCUT2D eigenvalue weighted by Gasteiger charge is -2.33. The molecule has 2 N–H and O–H groups in total. The number of hydrogen-bond acceptors (Lipinski definition) is 5. The quantitative estimate of drug-likeness (QED) is 0.619. The van der Waals surface area contributed by atoms with Crippen LogP contribution < -0.4 is 5.32 Å². The molecule has 0 aromatic heterocycles. The maximum absolute atomic E-state index is 12.1. The van der Waals surface area contributed by atoms with Gasteiger partial charge in [0.1, 0.15) is 5.60 Å². The standard InChI is InChI=1S/C18H24N2O6/c1-18(2,3)26-17(23)19-15-7-5-4-6-12(15)14-10-11(20(24)25)8-9-13(14)16(21)22/h8-10,12,15H,4-7H2,1-3H3,(H,19,23)(H,21,22)/t12-,15?/m0/s1. The Hall–Kier alpha value is -2.64. The van der Waals surface area contributed by atoms with Gasteiger partial charge in [0.2, 0.25) is 0 Å². The molecule has 0 spiro atoms. The van der Waals surface area contributed by atoms with E-state index in [9.17, 15) is 24.8 Å². The normalized spacial score (nSPS) is 20.3. The van der Waals surface area contributed by atoms with Crippen LogP contribution in [0.15, 0.2) is 18.2 Å². The number of nitrogens with zero attached hydrogens (tertiary/aromatic N) is 1. The number of ether oxygens (including phenoxy) is 1. The Kier molecular flexibility index (Phi) is 5.84. The molecule has 0 bridgehead atoms. The van der Waals surface area contributed by atoms with Crippen LogP contribution in [0.4, 0.5) is 10.5 Å². The second-order valence-corrected chi connectivity index (χ2v) is 7.48. The van der Waals surface area contributed by atoms with Crippen molar-refractivity contribution < 1.29 is 24.4 Å². The number of nitrogens with one attached hydrogen (secondary N) is 1. The molecule has 1 unspecified atom stereocenters. The molecule has 1 amide bonds. The van der Waals surface area contributed by atoms with E-state index < -0.39 is 22.6 Å². The van der Waals surface area contributed by atoms with Gasteiger partial charge in [-0.1, -0.05) is 12.8 Å². The molecule has 0 radical (unpaired) electrons. The first-order valence-corrected chi connectivity index (χ1v) is 8.59. The number of carbonyl (C=O) groups is 2. The lowest BCUT2D eigenvalue weighted by Crippen LogP contribution is -2.43. The van der Waals surface area contributed by atoms with Crippen molar-refractivity contribution in [3.05, 3.63) is 39.4 Å². The molecule has 1 aromatic carbocycles. The van der Waals surface area contributed by atoms with Gasteiger partial charge in [0.05, 0.1) is 10.5 Å². The molecule has 1 aliphatic carbocycles. The number of hydrogen-bond donors (Lipinski definition) is 2. The summed E-state index contributed by atoms with van der Waals surface area (Å²) in [7, 11) is 0. The maximum Gasteiger partial charge on any atom is 0.407 e. The van der Waals surface area contributed by atoms with E-state index in [4.69, 9.17) is 4.74 Å². The average molecular weight is 364 g/mol. The van der Waals surface area contributed by atoms with Gasteiger partial charge in [0.25, 0.3) is 5.69 Å². The number of aromatic carboxylic acids is 1. The van der Waals surface area contributed by atoms with Crippen LogP contribution in [0.2, 0.25) is 0 Å². The number of rotatable bonds is 4. The number of carbonyl (C=O) groups excluding carboxylic acids is 1. The lowest BCUT2D eigenvalue weighted by atomic mass is 9.78. The average Bonchev–Trinajstić information content (AvgIpc) is 2.52. The van der Waals surface area contributed by atoms with E-state index >= 15 is 0 Å². The highest BCUT2D eigenvalue weighted by Crippen LogP contribution is 2.36. The smallest absolute Gasteiger partial charge is 0.407 e. The summed E-state index contributed by atoms with van der Waals surface area (Å²) in [6.45, 7) is 5.27. The number of nitro groups is 1. The number of non-ortho nitro benzene ring substituents is 1. The van der Waals surface area contributed by atoms with Crippen molar-refractivity contribution in [3.8, 4) is 0 Å². The minimum atomic E-state index is -1.14. The van der Waals surface area contributed by atoms with Crippen molar-refractivity contribution >= 4 is 17.7 Å². The van der Waals surface area contributed by atoms with E-state index in [0.717, 1.165) is 12.8 Å². The summed E-state index contributed by atoms with van der Waals surface area (Å²) < 4.78 is 5.29. The molecule has 1 fully saturated rings. The van der Waals surface area contributed by atoms with Gasteiger partial charge in [-0.15, -0.1) is 0 Å². The summed E-state index contributed by atoms with van der Waals surface area (Å²) in [4.78, 5) is 34.3. The first kappa shape index (κ1) is 19.7. The first-order chi connectivity index (χ1) is 12.1. The van der Waals surface area contributed by atoms with Crippen LogP contribution in [0.5, 0.6) is 0 Å². The Balaban J connectivity index is 2.33. The number of carboxylic acids is 1. The van der Waals surface area contributed by atoms with Gasteiger partial charge in [-0.05, 0) is 45.2 Å². The van der Waals surface area contributed by atoms with Crippen LogP contribution in [0.1, 0.15) is 68.3 Å². The maximum atomic E-state index is 12.1. The zero-order chi connectivity index (χ0) is 19.5. The molecule has 1 aliphatic rings. The summed E-state index contributed by atoms with van der Waals surface area (Å²) in [5, 5.41) is 23.4. The molecule has 26 heavy (non-hydrogen) atoms. The highest BCUT2D eigenvalue weighted by molar-refractivity contribution is 5.90. The Labute approximate surface area is 151 Å². The molecule has 0 saturated heterocycles. The molecular formula is C18H24N2O6. The van der Waals surface area contributed by atoms with Gasteiger partial charge in [-0.3, -0.25) is 10.1 Å². The van der Waals surface area contributed by atoms with Crippen molar-refractivity contribution in [1.29, 1.82) is 0 Å². The largest absolute Gasteiger partial charge is 0.478 e. The number of benzene rings is 1. The fourth-order valence-corrected chi connectivity index (χ4v) is 3.30. The second-order valence-electron chi connectivity index (χ2n) is 7.48. The molecule has 2 atom stereocenters. The minimum absolute atomic E-state index is 0.0264. The number of alkyl carbamates (subject to hydrolysis) is 1. The lowest BCUT2D eigenvalue weighted by molar-refractivity contribution is -0.384. The van der Waals surface area contributed by atoms with E-state index in [1.54, 1.807) is 20.8 Å². The molecule has 142 valence electrons. The minimum Gasteiger partial charge on any atom is -0.478 e. The number of carboxylic acid groups (broad SMARTS) is 1. The van der Waals surface area contributed by atoms with Crippen molar-refractivity contribution in [1.82, 2.24) is 5.32 Å². The van der Waals surface area contributed by atoms with Gasteiger partial charge in [-0.25, -0.2) is 9.59 Å². The molecule has 8 heteroatoms. The molecular weight excluding hydrogens is 340 g/mol. The van der Waals surface area contributed by atoms with Gasteiger partial charge in [-0.2, -0.15) is 0 Å². The van der Waals surface area contributed by atoms with Crippen LogP contribution in [-0.4, -0.2) is 33.7 Å². The van der Waals surface area contributed by atoms with Crippen LogP contribution in [-0.2, 0) is 4.74 Å². The predicted molar refractivity (Wildman–Crippen MR) is 94.4 cm³/mol. The van der Waals surface area contributed by atoms with Crippen LogP contribution in [0.3, 0.4) is 0 Å². The number of amides is 1. The van der Waals surface area contributed by atoms with Crippen molar-refractivity contribution in [2.75, 3.05) is 0 Å². The summed E-state index contributed by atoms with van der Waals surface area (Å²) in [5.41, 5.74) is -0.399. The summed E-state index contributed by atoms with van der Waals surface area (Å²) in [5.74, 6) is -1.46. The van der Waals surface area contributed by atoms with Crippen molar-refractivity contribution in [2.45, 2.75) is 64.0 Å². The van der Waals surface area contributed by atoms with Crippen molar-refractivity contribution in [2.24, 2.45) is 0 Å². The van der Waals surface area contributed by atoms with E-state index in [1.807, 2.05) is 0 Å². The molecule has 0 heterocycles. The first-order valence-electron chi connectivity index (χ1n) is 8.59. The zero-order valence-corrected chi connectivity index (χ0v) is 15.2. The van der Waals surface area contributed by atoms with Gasteiger partial charge in [0, 0.05) is 24.1 Å². The van der Waals surface area contributed by atoms with Crippen LogP contribution in [0, 0.1) is 10.1 Å². The van der Waals surface area contributed by atoms with E-state index in [1.165, 1.54) is 18.2 Å². The Bertz CT molecular complexity index is 710. The third kappa shape index (κ3) is 4.93. The van der Waals surface area contributed by atoms with Gasteiger partial charge < -0.3 is 15.2 Å². The van der Waals surface area contributed by atoms with E-state index in [-0.39, 0.29) is 23.2 Å². The summed E-state index contributed by atoms with van der Waals surface area (Å²) >= 11 is 0. The number of nitro benzene ring substituents is 1. The Morgan fingerprint density at radius 3 is 2.50 bits per heavy atom. The summed E-state index contributed by atoms with van der Waals surface area (Å²) in [6, 6.07) is 3.42. The van der Waals surface area contributed by atoms with Gasteiger partial charge in [0.15, 0.2) is 0 Å². The van der Waals surface area contributed by atoms with E-state index in [0.29, 0.717) is 18.4 Å². The third-order valence-electron chi connectivity index (χ3n) is 4.34. The highest BCUT2D eigenvalue weighted by atomic mass is 16.6. The van der Waals surface area contributed by atoms with Crippen LogP contribution in [0.25, 0.3) is 0 Å². The molecule has 8 nitrogen and oxygen atoms in total. The zero-order valence-electron chi connectivity index (χ0n) is 15.2. The molecule has 2 rings (SSSR count). The summed E-state index contributed by atoms with van der Waals surface area (Å²) in [6.07, 6.45) is 2.47. The molecule has 1 aromatic rings. The highest BCUT2D eigenvalue weighted by Gasteiger charge is 2.33. The van der Waals surface area contributed by atoms with Crippen molar-refractivity contribution in [3.63, 3.8) is 0 Å².